The fraction of sp³-hybridized carbons (Fsp3) is 0.273. The summed E-state index contributed by atoms with van der Waals surface area (Å²) in [6.07, 6.45) is 0. The van der Waals surface area contributed by atoms with E-state index in [0.29, 0.717) is 11.4 Å². The van der Waals surface area contributed by atoms with Crippen molar-refractivity contribution in [2.45, 2.75) is 0 Å². The minimum Gasteiger partial charge on any atom is -0.497 e. The van der Waals surface area contributed by atoms with Gasteiger partial charge >= 0.3 is 0 Å². The predicted octanol–water partition coefficient (Wildman–Crippen LogP) is 0.585. The Balaban J connectivity index is 2.27. The van der Waals surface area contributed by atoms with E-state index >= 15 is 0 Å². The molecule has 0 aliphatic carbocycles. The number of ether oxygens (including phenoxy) is 2. The van der Waals surface area contributed by atoms with E-state index in [1.807, 2.05) is 0 Å². The molecule has 0 radical (unpaired) electrons. The van der Waals surface area contributed by atoms with Gasteiger partial charge in [0.25, 0.3) is 11.8 Å². The molecule has 0 unspecified atom stereocenters. The van der Waals surface area contributed by atoms with Gasteiger partial charge in [0, 0.05) is 0 Å². The summed E-state index contributed by atoms with van der Waals surface area (Å²) < 4.78 is 9.82. The van der Waals surface area contributed by atoms with Crippen molar-refractivity contribution < 1.29 is 19.1 Å². The fourth-order valence-corrected chi connectivity index (χ4v) is 1.51. The molecule has 0 atom stereocenters. The largest absolute Gasteiger partial charge is 0.497 e. The Morgan fingerprint density at radius 1 is 1.12 bits per heavy atom. The molecule has 5 nitrogen and oxygen atoms in total. The topological polar surface area (TPSA) is 55.8 Å². The van der Waals surface area contributed by atoms with E-state index in [0.717, 1.165) is 4.90 Å². The number of morpholine rings is 1. The second kappa shape index (κ2) is 4.32. The number of imide groups is 1. The third kappa shape index (κ3) is 1.90. The maximum atomic E-state index is 11.5. The summed E-state index contributed by atoms with van der Waals surface area (Å²) in [4.78, 5) is 24.1. The highest BCUT2D eigenvalue weighted by molar-refractivity contribution is 6.16. The molecular formula is C11H11NO4. The molecule has 1 aromatic carbocycles. The number of amides is 2. The molecule has 0 N–H and O–H groups in total. The summed E-state index contributed by atoms with van der Waals surface area (Å²) in [5.74, 6) is -0.0141. The number of anilines is 1. The van der Waals surface area contributed by atoms with Gasteiger partial charge in [0.2, 0.25) is 0 Å². The summed E-state index contributed by atoms with van der Waals surface area (Å²) >= 11 is 0. The van der Waals surface area contributed by atoms with Crippen LogP contribution in [0.4, 0.5) is 5.69 Å². The van der Waals surface area contributed by atoms with E-state index in [2.05, 4.69) is 0 Å². The number of carbonyl (C=O) groups is 2. The third-order valence-corrected chi connectivity index (χ3v) is 2.28. The van der Waals surface area contributed by atoms with Gasteiger partial charge in [-0.1, -0.05) is 0 Å². The minimum atomic E-state index is -0.346. The molecule has 1 aliphatic heterocycles. The number of hydrogen-bond donors (Lipinski definition) is 0. The van der Waals surface area contributed by atoms with Crippen LogP contribution in [-0.2, 0) is 14.3 Å². The summed E-state index contributed by atoms with van der Waals surface area (Å²) in [6.45, 7) is -0.116. The fourth-order valence-electron chi connectivity index (χ4n) is 1.51. The number of rotatable bonds is 2. The number of hydrogen-bond acceptors (Lipinski definition) is 4. The highest BCUT2D eigenvalue weighted by Gasteiger charge is 2.27. The van der Waals surface area contributed by atoms with Gasteiger partial charge in [-0.2, -0.15) is 0 Å². The molecule has 0 bridgehead atoms. The zero-order chi connectivity index (χ0) is 11.5. The molecule has 2 amide bonds. The van der Waals surface area contributed by atoms with Crippen LogP contribution in [0.2, 0.25) is 0 Å². The van der Waals surface area contributed by atoms with E-state index in [1.165, 1.54) is 0 Å². The predicted molar refractivity (Wildman–Crippen MR) is 56.3 cm³/mol. The van der Waals surface area contributed by atoms with E-state index in [4.69, 9.17) is 9.47 Å². The van der Waals surface area contributed by atoms with Crippen LogP contribution in [0.15, 0.2) is 24.3 Å². The molecule has 0 saturated carbocycles. The van der Waals surface area contributed by atoms with Crippen molar-refractivity contribution in [3.63, 3.8) is 0 Å². The van der Waals surface area contributed by atoms with E-state index < -0.39 is 0 Å². The normalized spacial score (nSPS) is 16.4. The van der Waals surface area contributed by atoms with Crippen molar-refractivity contribution in [3.05, 3.63) is 24.3 Å². The number of carbonyl (C=O) groups excluding carboxylic acids is 2. The molecule has 1 heterocycles. The Morgan fingerprint density at radius 2 is 1.69 bits per heavy atom. The molecule has 84 valence electrons. The maximum absolute atomic E-state index is 11.5. The van der Waals surface area contributed by atoms with Crippen molar-refractivity contribution in [2.24, 2.45) is 0 Å². The quantitative estimate of drug-likeness (QED) is 0.686. The lowest BCUT2D eigenvalue weighted by Crippen LogP contribution is -2.46. The Morgan fingerprint density at radius 3 is 2.19 bits per heavy atom. The summed E-state index contributed by atoms with van der Waals surface area (Å²) in [5.41, 5.74) is 0.541. The van der Waals surface area contributed by atoms with Gasteiger partial charge in [-0.25, -0.2) is 4.90 Å². The lowest BCUT2D eigenvalue weighted by molar-refractivity contribution is -0.138. The smallest absolute Gasteiger partial charge is 0.259 e. The highest BCUT2D eigenvalue weighted by atomic mass is 16.5. The van der Waals surface area contributed by atoms with Crippen molar-refractivity contribution in [3.8, 4) is 5.75 Å². The molecule has 1 saturated heterocycles. The first-order valence-electron chi connectivity index (χ1n) is 4.80. The summed E-state index contributed by atoms with van der Waals surface area (Å²) in [7, 11) is 1.56. The molecule has 2 rings (SSSR count). The van der Waals surface area contributed by atoms with Crippen LogP contribution < -0.4 is 9.64 Å². The van der Waals surface area contributed by atoms with Gasteiger partial charge < -0.3 is 9.47 Å². The third-order valence-electron chi connectivity index (χ3n) is 2.28. The first-order valence-corrected chi connectivity index (χ1v) is 4.80. The van der Waals surface area contributed by atoms with Crippen molar-refractivity contribution in [1.82, 2.24) is 0 Å². The van der Waals surface area contributed by atoms with Crippen LogP contribution in [0.25, 0.3) is 0 Å². The van der Waals surface area contributed by atoms with Gasteiger partial charge in [-0.3, -0.25) is 9.59 Å². The summed E-state index contributed by atoms with van der Waals surface area (Å²) in [6, 6.07) is 6.73. The van der Waals surface area contributed by atoms with Crippen LogP contribution in [0.3, 0.4) is 0 Å². The van der Waals surface area contributed by atoms with Crippen molar-refractivity contribution in [2.75, 3.05) is 25.2 Å². The number of methoxy groups -OCH3 is 1. The van der Waals surface area contributed by atoms with Crippen LogP contribution in [0.5, 0.6) is 5.75 Å². The van der Waals surface area contributed by atoms with Gasteiger partial charge in [0.1, 0.15) is 19.0 Å². The monoisotopic (exact) mass is 221 g/mol. The van der Waals surface area contributed by atoms with Crippen LogP contribution in [0.1, 0.15) is 0 Å². The minimum absolute atomic E-state index is 0.0578. The van der Waals surface area contributed by atoms with E-state index in [9.17, 15) is 9.59 Å². The first-order chi connectivity index (χ1) is 7.72. The number of benzene rings is 1. The lowest BCUT2D eigenvalue weighted by atomic mass is 10.2. The van der Waals surface area contributed by atoms with Gasteiger partial charge in [-0.15, -0.1) is 0 Å². The van der Waals surface area contributed by atoms with Gasteiger partial charge in [0.15, 0.2) is 0 Å². The Bertz CT molecular complexity index is 396. The van der Waals surface area contributed by atoms with Gasteiger partial charge in [0.05, 0.1) is 12.8 Å². The van der Waals surface area contributed by atoms with Gasteiger partial charge in [-0.05, 0) is 24.3 Å². The standard InChI is InChI=1S/C11H11NO4/c1-15-9-4-2-8(3-5-9)12-10(13)6-16-7-11(12)14/h2-5H,6-7H2,1H3. The molecule has 0 spiro atoms. The Kier molecular flexibility index (Phi) is 2.87. The Labute approximate surface area is 92.6 Å². The zero-order valence-electron chi connectivity index (χ0n) is 8.80. The number of nitrogens with zero attached hydrogens (tertiary/aromatic N) is 1. The maximum Gasteiger partial charge on any atom is 0.259 e. The van der Waals surface area contributed by atoms with Crippen LogP contribution in [0, 0.1) is 0 Å². The molecule has 16 heavy (non-hydrogen) atoms. The van der Waals surface area contributed by atoms with E-state index in [-0.39, 0.29) is 25.0 Å². The highest BCUT2D eigenvalue weighted by Crippen LogP contribution is 2.20. The SMILES string of the molecule is COc1ccc(N2C(=O)COCC2=O)cc1. The molecule has 0 aromatic heterocycles. The van der Waals surface area contributed by atoms with E-state index in [1.54, 1.807) is 31.4 Å². The lowest BCUT2D eigenvalue weighted by Gasteiger charge is -2.24. The molecule has 1 fully saturated rings. The molecular weight excluding hydrogens is 210 g/mol. The van der Waals surface area contributed by atoms with Crippen molar-refractivity contribution >= 4 is 17.5 Å². The van der Waals surface area contributed by atoms with Crippen LogP contribution >= 0.6 is 0 Å². The Hall–Kier alpha value is -1.88. The molecule has 1 aliphatic rings. The second-order valence-corrected chi connectivity index (χ2v) is 3.31. The second-order valence-electron chi connectivity index (χ2n) is 3.31. The average molecular weight is 221 g/mol. The molecule has 5 heteroatoms. The van der Waals surface area contributed by atoms with Crippen molar-refractivity contribution in [1.29, 1.82) is 0 Å². The van der Waals surface area contributed by atoms with Crippen LogP contribution in [-0.4, -0.2) is 32.1 Å². The summed E-state index contributed by atoms with van der Waals surface area (Å²) in [5, 5.41) is 0. The first kappa shape index (κ1) is 10.6. The zero-order valence-corrected chi connectivity index (χ0v) is 8.80. The molecule has 1 aromatic rings. The average Bonchev–Trinajstić information content (AvgIpc) is 2.30.